The summed E-state index contributed by atoms with van der Waals surface area (Å²) in [6, 6.07) is 3.42. The predicted molar refractivity (Wildman–Crippen MR) is 85.0 cm³/mol. The predicted octanol–water partition coefficient (Wildman–Crippen LogP) is 1.83. The SMILES string of the molecule is CCCNC(C#N)(CN1CCCN2CCCC2C1)C1CC1. The lowest BCUT2D eigenvalue weighted by molar-refractivity contribution is 0.176. The van der Waals surface area contributed by atoms with Gasteiger partial charge < -0.3 is 0 Å². The maximum Gasteiger partial charge on any atom is 0.122 e. The fraction of sp³-hybridized carbons (Fsp3) is 0.941. The monoisotopic (exact) mass is 290 g/mol. The summed E-state index contributed by atoms with van der Waals surface area (Å²) < 4.78 is 0. The Morgan fingerprint density at radius 2 is 2.00 bits per heavy atom. The first kappa shape index (κ1) is 15.3. The molecule has 3 aliphatic rings. The molecule has 2 heterocycles. The van der Waals surface area contributed by atoms with Gasteiger partial charge in [-0.3, -0.25) is 15.1 Å². The van der Waals surface area contributed by atoms with Gasteiger partial charge in [0.1, 0.15) is 5.54 Å². The van der Waals surface area contributed by atoms with E-state index in [-0.39, 0.29) is 5.54 Å². The maximum absolute atomic E-state index is 9.85. The summed E-state index contributed by atoms with van der Waals surface area (Å²) >= 11 is 0. The second kappa shape index (κ2) is 6.64. The zero-order valence-electron chi connectivity index (χ0n) is 13.5. The molecule has 3 rings (SSSR count). The molecule has 0 radical (unpaired) electrons. The van der Waals surface area contributed by atoms with Crippen molar-refractivity contribution in [2.75, 3.05) is 39.3 Å². The van der Waals surface area contributed by atoms with E-state index in [1.165, 1.54) is 51.7 Å². The van der Waals surface area contributed by atoms with Crippen molar-refractivity contribution in [2.45, 2.75) is 57.0 Å². The first-order valence-electron chi connectivity index (χ1n) is 8.90. The van der Waals surface area contributed by atoms with E-state index < -0.39 is 0 Å². The van der Waals surface area contributed by atoms with Gasteiger partial charge in [0.15, 0.2) is 0 Å². The smallest absolute Gasteiger partial charge is 0.122 e. The topological polar surface area (TPSA) is 42.3 Å². The first-order valence-corrected chi connectivity index (χ1v) is 8.90. The van der Waals surface area contributed by atoms with Crippen molar-refractivity contribution in [2.24, 2.45) is 5.92 Å². The second-order valence-electron chi connectivity index (χ2n) is 7.20. The molecule has 0 amide bonds. The van der Waals surface area contributed by atoms with Crippen LogP contribution in [0, 0.1) is 17.2 Å². The van der Waals surface area contributed by atoms with Gasteiger partial charge in [-0.2, -0.15) is 5.26 Å². The van der Waals surface area contributed by atoms with Gasteiger partial charge in [0.05, 0.1) is 6.07 Å². The molecule has 0 aromatic heterocycles. The molecule has 1 N–H and O–H groups in total. The number of nitrogens with zero attached hydrogens (tertiary/aromatic N) is 3. The third-order valence-corrected chi connectivity index (χ3v) is 5.52. The summed E-state index contributed by atoms with van der Waals surface area (Å²) in [7, 11) is 0. The highest BCUT2D eigenvalue weighted by Gasteiger charge is 2.46. The number of nitriles is 1. The lowest BCUT2D eigenvalue weighted by atomic mass is 9.93. The highest BCUT2D eigenvalue weighted by molar-refractivity contribution is 5.17. The van der Waals surface area contributed by atoms with Crippen molar-refractivity contribution >= 4 is 0 Å². The molecule has 118 valence electrons. The first-order chi connectivity index (χ1) is 10.3. The van der Waals surface area contributed by atoms with Crippen molar-refractivity contribution in [3.63, 3.8) is 0 Å². The number of nitrogens with one attached hydrogen (secondary N) is 1. The molecule has 1 aliphatic carbocycles. The molecule has 0 aromatic rings. The Balaban J connectivity index is 1.65. The Morgan fingerprint density at radius 1 is 1.19 bits per heavy atom. The van der Waals surface area contributed by atoms with Gasteiger partial charge in [0.25, 0.3) is 0 Å². The van der Waals surface area contributed by atoms with Crippen molar-refractivity contribution < 1.29 is 0 Å². The Bertz CT molecular complexity index is 387. The van der Waals surface area contributed by atoms with Crippen LogP contribution in [-0.4, -0.2) is 60.6 Å². The minimum Gasteiger partial charge on any atom is -0.299 e. The molecule has 4 heteroatoms. The van der Waals surface area contributed by atoms with Crippen molar-refractivity contribution in [1.29, 1.82) is 5.26 Å². The quantitative estimate of drug-likeness (QED) is 0.810. The highest BCUT2D eigenvalue weighted by atomic mass is 15.3. The lowest BCUT2D eigenvalue weighted by Crippen LogP contribution is -2.55. The Kier molecular flexibility index (Phi) is 4.83. The van der Waals surface area contributed by atoms with Crippen LogP contribution in [0.1, 0.15) is 45.4 Å². The largest absolute Gasteiger partial charge is 0.299 e. The Morgan fingerprint density at radius 3 is 2.71 bits per heavy atom. The summed E-state index contributed by atoms with van der Waals surface area (Å²) in [5.41, 5.74) is -0.288. The molecule has 0 bridgehead atoms. The maximum atomic E-state index is 9.85. The average Bonchev–Trinajstić information content (AvgIpc) is 3.29. The van der Waals surface area contributed by atoms with Crippen LogP contribution in [0.25, 0.3) is 0 Å². The zero-order chi connectivity index (χ0) is 14.7. The van der Waals surface area contributed by atoms with E-state index in [4.69, 9.17) is 0 Å². The minimum absolute atomic E-state index is 0.288. The number of hydrogen-bond acceptors (Lipinski definition) is 4. The van der Waals surface area contributed by atoms with Crippen LogP contribution >= 0.6 is 0 Å². The highest BCUT2D eigenvalue weighted by Crippen LogP contribution is 2.40. The Labute approximate surface area is 129 Å². The van der Waals surface area contributed by atoms with Gasteiger partial charge in [-0.25, -0.2) is 0 Å². The summed E-state index contributed by atoms with van der Waals surface area (Å²) in [5, 5.41) is 13.5. The summed E-state index contributed by atoms with van der Waals surface area (Å²) in [6.07, 6.45) is 7.53. The van der Waals surface area contributed by atoms with Crippen molar-refractivity contribution in [3.05, 3.63) is 0 Å². The van der Waals surface area contributed by atoms with Crippen LogP contribution in [0.3, 0.4) is 0 Å². The number of hydrogen-bond donors (Lipinski definition) is 1. The molecule has 21 heavy (non-hydrogen) atoms. The minimum atomic E-state index is -0.288. The van der Waals surface area contributed by atoms with Gasteiger partial charge in [-0.15, -0.1) is 0 Å². The normalized spacial score (nSPS) is 30.4. The van der Waals surface area contributed by atoms with Gasteiger partial charge in [0.2, 0.25) is 0 Å². The fourth-order valence-corrected chi connectivity index (χ4v) is 4.20. The van der Waals surface area contributed by atoms with Crippen LogP contribution in [0.15, 0.2) is 0 Å². The van der Waals surface area contributed by atoms with E-state index in [1.54, 1.807) is 0 Å². The second-order valence-corrected chi connectivity index (χ2v) is 7.20. The summed E-state index contributed by atoms with van der Waals surface area (Å²) in [4.78, 5) is 5.25. The average molecular weight is 290 g/mol. The van der Waals surface area contributed by atoms with Gasteiger partial charge >= 0.3 is 0 Å². The molecular formula is C17H30N4. The molecule has 2 unspecified atom stereocenters. The molecule has 0 spiro atoms. The van der Waals surface area contributed by atoms with Crippen LogP contribution in [-0.2, 0) is 0 Å². The van der Waals surface area contributed by atoms with Crippen LogP contribution in [0.2, 0.25) is 0 Å². The summed E-state index contributed by atoms with van der Waals surface area (Å²) in [5.74, 6) is 0.581. The van der Waals surface area contributed by atoms with E-state index in [2.05, 4.69) is 28.1 Å². The lowest BCUT2D eigenvalue weighted by Gasteiger charge is -2.35. The molecule has 3 fully saturated rings. The van der Waals surface area contributed by atoms with E-state index in [0.29, 0.717) is 5.92 Å². The fourth-order valence-electron chi connectivity index (χ4n) is 4.20. The van der Waals surface area contributed by atoms with Gasteiger partial charge in [-0.1, -0.05) is 6.92 Å². The van der Waals surface area contributed by atoms with E-state index in [1.807, 2.05) is 0 Å². The van der Waals surface area contributed by atoms with Gasteiger partial charge in [-0.05, 0) is 70.6 Å². The molecule has 2 aliphatic heterocycles. The zero-order valence-corrected chi connectivity index (χ0v) is 13.5. The van der Waals surface area contributed by atoms with Crippen molar-refractivity contribution in [3.8, 4) is 6.07 Å². The Hall–Kier alpha value is -0.630. The van der Waals surface area contributed by atoms with Gasteiger partial charge in [0, 0.05) is 19.1 Å². The van der Waals surface area contributed by atoms with E-state index in [9.17, 15) is 5.26 Å². The number of rotatable bonds is 6. The van der Waals surface area contributed by atoms with Crippen LogP contribution < -0.4 is 5.32 Å². The molecule has 1 saturated carbocycles. The molecule has 2 saturated heterocycles. The molecule has 4 nitrogen and oxygen atoms in total. The molecule has 2 atom stereocenters. The summed E-state index contributed by atoms with van der Waals surface area (Å²) in [6.45, 7) is 8.96. The van der Waals surface area contributed by atoms with Crippen molar-refractivity contribution in [1.82, 2.24) is 15.1 Å². The molecular weight excluding hydrogens is 260 g/mol. The third-order valence-electron chi connectivity index (χ3n) is 5.52. The van der Waals surface area contributed by atoms with Crippen LogP contribution in [0.5, 0.6) is 0 Å². The standard InChI is InChI=1S/C17H30N4/c1-2-8-19-17(13-18,15-6-7-15)14-20-9-4-11-21-10-3-5-16(21)12-20/h15-16,19H,2-12,14H2,1H3. The third kappa shape index (κ3) is 3.41. The number of fused-ring (bicyclic) bond motifs is 1. The molecule has 0 aromatic carbocycles. The van der Waals surface area contributed by atoms with Crippen LogP contribution in [0.4, 0.5) is 0 Å². The van der Waals surface area contributed by atoms with E-state index >= 15 is 0 Å². The van der Waals surface area contributed by atoms with E-state index in [0.717, 1.165) is 32.1 Å².